The van der Waals surface area contributed by atoms with Gasteiger partial charge in [-0.15, -0.1) is 0 Å². The van der Waals surface area contributed by atoms with Crippen LogP contribution in [0.3, 0.4) is 0 Å². The second-order valence-electron chi connectivity index (χ2n) is 4.03. The fourth-order valence-electron chi connectivity index (χ4n) is 0.897. The summed E-state index contributed by atoms with van der Waals surface area (Å²) in [6, 6.07) is 1.92. The Hall–Kier alpha value is -0.800. The lowest BCUT2D eigenvalue weighted by Gasteiger charge is -2.18. The zero-order valence-corrected chi connectivity index (χ0v) is 8.46. The van der Waals surface area contributed by atoms with Crippen LogP contribution in [0.15, 0.2) is 16.7 Å². The highest BCUT2D eigenvalue weighted by molar-refractivity contribution is 5.11. The van der Waals surface area contributed by atoms with Crippen LogP contribution in [0.1, 0.15) is 32.1 Å². The molecule has 1 rings (SSSR count). The Labute approximate surface area is 78.9 Å². The normalized spacial score (nSPS) is 12.0. The minimum Gasteiger partial charge on any atom is -0.467 e. The largest absolute Gasteiger partial charge is 0.467 e. The minimum absolute atomic E-state index is 0.129. The molecule has 0 aliphatic heterocycles. The number of ether oxygens (including phenoxy) is 1. The maximum atomic E-state index is 5.54. The van der Waals surface area contributed by atoms with E-state index in [2.05, 4.69) is 0 Å². The van der Waals surface area contributed by atoms with Crippen molar-refractivity contribution in [3.8, 4) is 0 Å². The van der Waals surface area contributed by atoms with Gasteiger partial charge in [-0.05, 0) is 26.8 Å². The van der Waals surface area contributed by atoms with Crippen molar-refractivity contribution in [3.05, 3.63) is 23.7 Å². The van der Waals surface area contributed by atoms with E-state index in [-0.39, 0.29) is 5.60 Å². The summed E-state index contributed by atoms with van der Waals surface area (Å²) in [5.74, 6) is 0.829. The summed E-state index contributed by atoms with van der Waals surface area (Å²) < 4.78 is 10.8. The molecule has 0 fully saturated rings. The van der Waals surface area contributed by atoms with E-state index in [0.29, 0.717) is 13.2 Å². The van der Waals surface area contributed by atoms with Crippen LogP contribution in [0.4, 0.5) is 0 Å². The maximum Gasteiger partial charge on any atom is 0.129 e. The lowest BCUT2D eigenvalue weighted by molar-refractivity contribution is -0.0224. The molecular formula is C10H17NO2. The van der Waals surface area contributed by atoms with Gasteiger partial charge in [-0.25, -0.2) is 0 Å². The lowest BCUT2D eigenvalue weighted by atomic mass is 10.2. The summed E-state index contributed by atoms with van der Waals surface area (Å²) in [5, 5.41) is 0. The average molecular weight is 183 g/mol. The third kappa shape index (κ3) is 3.61. The van der Waals surface area contributed by atoms with Gasteiger partial charge in [0.15, 0.2) is 0 Å². The Morgan fingerprint density at radius 1 is 1.46 bits per heavy atom. The number of furan rings is 1. The van der Waals surface area contributed by atoms with Crippen LogP contribution in [0.25, 0.3) is 0 Å². The highest BCUT2D eigenvalue weighted by atomic mass is 16.5. The topological polar surface area (TPSA) is 48.4 Å². The van der Waals surface area contributed by atoms with E-state index < -0.39 is 0 Å². The first kappa shape index (κ1) is 10.3. The van der Waals surface area contributed by atoms with Crippen molar-refractivity contribution in [1.29, 1.82) is 0 Å². The van der Waals surface area contributed by atoms with Gasteiger partial charge in [-0.1, -0.05) is 0 Å². The zero-order chi connectivity index (χ0) is 9.90. The molecule has 0 bridgehead atoms. The molecule has 0 atom stereocenters. The lowest BCUT2D eigenvalue weighted by Crippen LogP contribution is -2.18. The Kier molecular flexibility index (Phi) is 3.12. The van der Waals surface area contributed by atoms with Crippen LogP contribution in [0.5, 0.6) is 0 Å². The van der Waals surface area contributed by atoms with Gasteiger partial charge >= 0.3 is 0 Å². The van der Waals surface area contributed by atoms with Crippen molar-refractivity contribution >= 4 is 0 Å². The van der Waals surface area contributed by atoms with Gasteiger partial charge in [0.2, 0.25) is 0 Å². The Morgan fingerprint density at radius 3 is 2.62 bits per heavy atom. The van der Waals surface area contributed by atoms with E-state index in [1.165, 1.54) is 0 Å². The fraction of sp³-hybridized carbons (Fsp3) is 0.600. The number of rotatable bonds is 3. The van der Waals surface area contributed by atoms with Crippen LogP contribution < -0.4 is 5.73 Å². The zero-order valence-electron chi connectivity index (χ0n) is 8.46. The van der Waals surface area contributed by atoms with E-state index >= 15 is 0 Å². The van der Waals surface area contributed by atoms with Crippen molar-refractivity contribution < 1.29 is 9.15 Å². The molecule has 74 valence electrons. The van der Waals surface area contributed by atoms with Gasteiger partial charge in [-0.3, -0.25) is 0 Å². The van der Waals surface area contributed by atoms with Gasteiger partial charge in [-0.2, -0.15) is 0 Å². The van der Waals surface area contributed by atoms with Gasteiger partial charge in [0.25, 0.3) is 0 Å². The highest BCUT2D eigenvalue weighted by Crippen LogP contribution is 2.13. The summed E-state index contributed by atoms with van der Waals surface area (Å²) >= 11 is 0. The molecule has 1 heterocycles. The van der Waals surface area contributed by atoms with Crippen LogP contribution in [-0.4, -0.2) is 5.60 Å². The molecule has 0 radical (unpaired) electrons. The predicted octanol–water partition coefficient (Wildman–Crippen LogP) is 2.05. The van der Waals surface area contributed by atoms with Gasteiger partial charge in [0.05, 0.1) is 11.9 Å². The summed E-state index contributed by atoms with van der Waals surface area (Å²) in [6.07, 6.45) is 1.67. The Balaban J connectivity index is 2.46. The molecule has 0 amide bonds. The molecule has 1 aromatic rings. The molecule has 1 aromatic heterocycles. The quantitative estimate of drug-likeness (QED) is 0.780. The van der Waals surface area contributed by atoms with E-state index in [4.69, 9.17) is 14.9 Å². The van der Waals surface area contributed by atoms with Crippen LogP contribution in [0, 0.1) is 0 Å². The molecule has 0 unspecified atom stereocenters. The average Bonchev–Trinajstić information content (AvgIpc) is 2.47. The monoisotopic (exact) mass is 183 g/mol. The third-order valence-electron chi connectivity index (χ3n) is 1.59. The molecular weight excluding hydrogens is 166 g/mol. The smallest absolute Gasteiger partial charge is 0.129 e. The minimum atomic E-state index is -0.129. The summed E-state index contributed by atoms with van der Waals surface area (Å²) in [6.45, 7) is 7.06. The number of nitrogens with two attached hydrogens (primary N) is 1. The Morgan fingerprint density at radius 2 is 2.15 bits per heavy atom. The van der Waals surface area contributed by atoms with E-state index in [1.54, 1.807) is 6.26 Å². The van der Waals surface area contributed by atoms with Crippen molar-refractivity contribution in [2.75, 3.05) is 0 Å². The second kappa shape index (κ2) is 3.94. The Bertz CT molecular complexity index is 260. The number of hydrogen-bond donors (Lipinski definition) is 1. The molecule has 0 saturated heterocycles. The molecule has 3 heteroatoms. The summed E-state index contributed by atoms with van der Waals surface area (Å²) in [4.78, 5) is 0. The summed E-state index contributed by atoms with van der Waals surface area (Å²) in [7, 11) is 0. The molecule has 2 N–H and O–H groups in total. The SMILES string of the molecule is CC(C)(C)OCc1cc(CN)co1. The molecule has 3 nitrogen and oxygen atoms in total. The molecule has 0 aromatic carbocycles. The van der Waals surface area contributed by atoms with E-state index in [0.717, 1.165) is 11.3 Å². The summed E-state index contributed by atoms with van der Waals surface area (Å²) in [5.41, 5.74) is 6.32. The van der Waals surface area contributed by atoms with Crippen molar-refractivity contribution in [1.82, 2.24) is 0 Å². The van der Waals surface area contributed by atoms with Crippen molar-refractivity contribution in [2.24, 2.45) is 5.73 Å². The molecule has 0 aliphatic rings. The molecule has 13 heavy (non-hydrogen) atoms. The first-order chi connectivity index (χ1) is 6.01. The molecule has 0 spiro atoms. The van der Waals surface area contributed by atoms with Gasteiger partial charge in [0.1, 0.15) is 12.4 Å². The molecule has 0 saturated carbocycles. The van der Waals surface area contributed by atoms with Gasteiger partial charge in [0, 0.05) is 12.1 Å². The van der Waals surface area contributed by atoms with Crippen LogP contribution in [-0.2, 0) is 17.9 Å². The van der Waals surface area contributed by atoms with Crippen molar-refractivity contribution in [3.63, 3.8) is 0 Å². The third-order valence-corrected chi connectivity index (χ3v) is 1.59. The molecule has 0 aliphatic carbocycles. The second-order valence-corrected chi connectivity index (χ2v) is 4.03. The van der Waals surface area contributed by atoms with Crippen LogP contribution >= 0.6 is 0 Å². The van der Waals surface area contributed by atoms with E-state index in [1.807, 2.05) is 26.8 Å². The number of hydrogen-bond acceptors (Lipinski definition) is 3. The van der Waals surface area contributed by atoms with Crippen molar-refractivity contribution in [2.45, 2.75) is 39.5 Å². The fourth-order valence-corrected chi connectivity index (χ4v) is 0.897. The first-order valence-electron chi connectivity index (χ1n) is 4.41. The predicted molar refractivity (Wildman–Crippen MR) is 51.1 cm³/mol. The van der Waals surface area contributed by atoms with E-state index in [9.17, 15) is 0 Å². The standard InChI is InChI=1S/C10H17NO2/c1-10(2,3)13-7-9-4-8(5-11)6-12-9/h4,6H,5,7,11H2,1-3H3. The highest BCUT2D eigenvalue weighted by Gasteiger charge is 2.11. The van der Waals surface area contributed by atoms with Gasteiger partial charge < -0.3 is 14.9 Å². The first-order valence-corrected chi connectivity index (χ1v) is 4.41. The van der Waals surface area contributed by atoms with Crippen LogP contribution in [0.2, 0.25) is 0 Å². The maximum absolute atomic E-state index is 5.54.